The van der Waals surface area contributed by atoms with E-state index in [4.69, 9.17) is 4.74 Å². The number of ether oxygens (including phenoxy) is 1. The zero-order valence-electron chi connectivity index (χ0n) is 14.9. The van der Waals surface area contributed by atoms with E-state index in [1.54, 1.807) is 25.6 Å². The number of carbonyl (C=O) groups is 1. The highest BCUT2D eigenvalue weighted by Crippen LogP contribution is 2.25. The predicted molar refractivity (Wildman–Crippen MR) is 105 cm³/mol. The number of carbonyl (C=O) groups excluding carboxylic acids is 1. The molecule has 6 heteroatoms. The van der Waals surface area contributed by atoms with E-state index >= 15 is 0 Å². The van der Waals surface area contributed by atoms with E-state index in [1.807, 2.05) is 54.9 Å². The van der Waals surface area contributed by atoms with Gasteiger partial charge in [0.25, 0.3) is 5.91 Å². The van der Waals surface area contributed by atoms with Crippen LogP contribution in [0, 0.1) is 6.92 Å². The molecule has 1 heterocycles. The van der Waals surface area contributed by atoms with E-state index in [2.05, 4.69) is 26.2 Å². The highest BCUT2D eigenvalue weighted by molar-refractivity contribution is 9.10. The Kier molecular flexibility index (Phi) is 5.42. The molecule has 0 aliphatic heterocycles. The summed E-state index contributed by atoms with van der Waals surface area (Å²) in [6.07, 6.45) is 3.63. The van der Waals surface area contributed by atoms with Crippen molar-refractivity contribution in [3.05, 3.63) is 76.3 Å². The molecule has 0 fully saturated rings. The molecule has 0 spiro atoms. The Balaban J connectivity index is 1.80. The fraction of sp³-hybridized carbons (Fsp3) is 0.200. The Morgan fingerprint density at radius 3 is 2.58 bits per heavy atom. The number of aromatic nitrogens is 2. The summed E-state index contributed by atoms with van der Waals surface area (Å²) in [5.41, 5.74) is 3.34. The Morgan fingerprint density at radius 1 is 1.23 bits per heavy atom. The zero-order valence-corrected chi connectivity index (χ0v) is 16.4. The summed E-state index contributed by atoms with van der Waals surface area (Å²) in [5, 5.41) is 3.02. The van der Waals surface area contributed by atoms with Crippen LogP contribution in [0.15, 0.2) is 59.5 Å². The number of benzene rings is 2. The van der Waals surface area contributed by atoms with Gasteiger partial charge in [-0.1, -0.05) is 28.1 Å². The summed E-state index contributed by atoms with van der Waals surface area (Å²) in [6.45, 7) is 3.88. The number of imidazole rings is 1. The van der Waals surface area contributed by atoms with Crippen LogP contribution < -0.4 is 10.1 Å². The first-order valence-electron chi connectivity index (χ1n) is 8.23. The maximum absolute atomic E-state index is 12.6. The number of rotatable bonds is 5. The molecule has 1 amide bonds. The molecular formula is C20H20BrN3O2. The van der Waals surface area contributed by atoms with Crippen LogP contribution >= 0.6 is 15.9 Å². The second kappa shape index (κ2) is 7.74. The van der Waals surface area contributed by atoms with Crippen LogP contribution in [0.4, 0.5) is 0 Å². The lowest BCUT2D eigenvalue weighted by Gasteiger charge is -2.16. The minimum atomic E-state index is -0.146. The molecule has 1 atom stereocenters. The van der Waals surface area contributed by atoms with E-state index < -0.39 is 0 Å². The summed E-state index contributed by atoms with van der Waals surface area (Å²) in [6, 6.07) is 13.2. The van der Waals surface area contributed by atoms with Gasteiger partial charge >= 0.3 is 0 Å². The zero-order chi connectivity index (χ0) is 18.7. The molecule has 5 nitrogen and oxygen atoms in total. The molecule has 0 saturated carbocycles. The highest BCUT2D eigenvalue weighted by Gasteiger charge is 2.14. The third kappa shape index (κ3) is 3.96. The SMILES string of the molecule is COc1cc(C(=O)NC(C)c2ccc(Br)cc2)ccc1-n1cnc(C)c1. The molecule has 3 rings (SSSR count). The van der Waals surface area contributed by atoms with Gasteiger partial charge in [0.05, 0.1) is 30.9 Å². The normalized spacial score (nSPS) is 11.8. The Morgan fingerprint density at radius 2 is 1.96 bits per heavy atom. The van der Waals surface area contributed by atoms with Crippen LogP contribution in [0.5, 0.6) is 5.75 Å². The van der Waals surface area contributed by atoms with Crippen LogP contribution in [-0.2, 0) is 0 Å². The molecule has 134 valence electrons. The average molecular weight is 414 g/mol. The largest absolute Gasteiger partial charge is 0.495 e. The molecule has 2 aromatic carbocycles. The van der Waals surface area contributed by atoms with Crippen LogP contribution in [0.25, 0.3) is 5.69 Å². The van der Waals surface area contributed by atoms with Gasteiger partial charge in [0, 0.05) is 16.2 Å². The molecule has 1 N–H and O–H groups in total. The summed E-state index contributed by atoms with van der Waals surface area (Å²) in [7, 11) is 1.59. The third-order valence-electron chi connectivity index (χ3n) is 4.15. The number of amides is 1. The van der Waals surface area contributed by atoms with E-state index in [9.17, 15) is 4.79 Å². The summed E-state index contributed by atoms with van der Waals surface area (Å²) in [5.74, 6) is 0.471. The van der Waals surface area contributed by atoms with Crippen molar-refractivity contribution in [2.45, 2.75) is 19.9 Å². The Hall–Kier alpha value is -2.60. The maximum atomic E-state index is 12.6. The first-order chi connectivity index (χ1) is 12.5. The minimum Gasteiger partial charge on any atom is -0.495 e. The molecule has 0 aliphatic carbocycles. The van der Waals surface area contributed by atoms with Gasteiger partial charge in [-0.3, -0.25) is 4.79 Å². The van der Waals surface area contributed by atoms with Crippen LogP contribution in [0.2, 0.25) is 0 Å². The number of nitrogens with one attached hydrogen (secondary N) is 1. The number of hydrogen-bond acceptors (Lipinski definition) is 3. The second-order valence-corrected chi connectivity index (χ2v) is 6.97. The lowest BCUT2D eigenvalue weighted by atomic mass is 10.1. The minimum absolute atomic E-state index is 0.0995. The van der Waals surface area contributed by atoms with Crippen molar-refractivity contribution in [1.29, 1.82) is 0 Å². The van der Waals surface area contributed by atoms with Crippen molar-refractivity contribution in [3.63, 3.8) is 0 Å². The molecule has 0 bridgehead atoms. The summed E-state index contributed by atoms with van der Waals surface area (Å²) >= 11 is 3.42. The van der Waals surface area contributed by atoms with Crippen LogP contribution in [-0.4, -0.2) is 22.6 Å². The van der Waals surface area contributed by atoms with Gasteiger partial charge in [-0.25, -0.2) is 4.98 Å². The van der Waals surface area contributed by atoms with Gasteiger partial charge in [-0.2, -0.15) is 0 Å². The van der Waals surface area contributed by atoms with Gasteiger partial charge < -0.3 is 14.6 Å². The second-order valence-electron chi connectivity index (χ2n) is 6.06. The van der Waals surface area contributed by atoms with Crippen LogP contribution in [0.1, 0.15) is 34.6 Å². The van der Waals surface area contributed by atoms with Gasteiger partial charge in [0.1, 0.15) is 5.75 Å². The lowest BCUT2D eigenvalue weighted by molar-refractivity contribution is 0.0939. The fourth-order valence-corrected chi connectivity index (χ4v) is 2.96. The number of aryl methyl sites for hydroxylation is 1. The number of halogens is 1. The molecule has 0 radical (unpaired) electrons. The Labute approximate surface area is 161 Å². The monoisotopic (exact) mass is 413 g/mol. The third-order valence-corrected chi connectivity index (χ3v) is 4.68. The van der Waals surface area contributed by atoms with Crippen molar-refractivity contribution in [1.82, 2.24) is 14.9 Å². The van der Waals surface area contributed by atoms with E-state index in [1.165, 1.54) is 0 Å². The van der Waals surface area contributed by atoms with Gasteiger partial charge in [-0.05, 0) is 49.7 Å². The molecule has 1 aromatic heterocycles. The standard InChI is InChI=1S/C20H20BrN3O2/c1-13-11-24(12-22-13)18-9-6-16(10-19(18)26-3)20(25)23-14(2)15-4-7-17(21)8-5-15/h4-12,14H,1-3H3,(H,23,25). The Bertz CT molecular complexity index is 919. The lowest BCUT2D eigenvalue weighted by Crippen LogP contribution is -2.26. The molecule has 0 aliphatic rings. The van der Waals surface area contributed by atoms with Gasteiger partial charge in [0.2, 0.25) is 0 Å². The summed E-state index contributed by atoms with van der Waals surface area (Å²) < 4.78 is 8.35. The van der Waals surface area contributed by atoms with Gasteiger partial charge in [0.15, 0.2) is 0 Å². The quantitative estimate of drug-likeness (QED) is 0.672. The van der Waals surface area contributed by atoms with E-state index in [0.717, 1.165) is 21.4 Å². The average Bonchev–Trinajstić information content (AvgIpc) is 3.07. The van der Waals surface area contributed by atoms with Crippen molar-refractivity contribution in [3.8, 4) is 11.4 Å². The number of nitrogens with zero attached hydrogens (tertiary/aromatic N) is 2. The molecule has 1 unspecified atom stereocenters. The van der Waals surface area contributed by atoms with Crippen molar-refractivity contribution in [2.75, 3.05) is 7.11 Å². The van der Waals surface area contributed by atoms with Crippen LogP contribution in [0.3, 0.4) is 0 Å². The first-order valence-corrected chi connectivity index (χ1v) is 9.02. The molecule has 3 aromatic rings. The fourth-order valence-electron chi connectivity index (χ4n) is 2.70. The number of hydrogen-bond donors (Lipinski definition) is 1. The van der Waals surface area contributed by atoms with Crippen molar-refractivity contribution >= 4 is 21.8 Å². The van der Waals surface area contributed by atoms with Crippen molar-refractivity contribution in [2.24, 2.45) is 0 Å². The smallest absolute Gasteiger partial charge is 0.251 e. The van der Waals surface area contributed by atoms with Gasteiger partial charge in [-0.15, -0.1) is 0 Å². The summed E-state index contributed by atoms with van der Waals surface area (Å²) in [4.78, 5) is 16.9. The first kappa shape index (κ1) is 18.2. The predicted octanol–water partition coefficient (Wildman–Crippen LogP) is 4.44. The highest BCUT2D eigenvalue weighted by atomic mass is 79.9. The molecule has 0 saturated heterocycles. The van der Waals surface area contributed by atoms with Crippen molar-refractivity contribution < 1.29 is 9.53 Å². The number of methoxy groups -OCH3 is 1. The topological polar surface area (TPSA) is 56.1 Å². The van der Waals surface area contributed by atoms with E-state index in [-0.39, 0.29) is 11.9 Å². The molecular weight excluding hydrogens is 394 g/mol. The molecule has 26 heavy (non-hydrogen) atoms. The van der Waals surface area contributed by atoms with E-state index in [0.29, 0.717) is 11.3 Å². The maximum Gasteiger partial charge on any atom is 0.251 e.